The summed E-state index contributed by atoms with van der Waals surface area (Å²) in [5, 5.41) is 10.6. The minimum Gasteiger partial charge on any atom is -0.462 e. The Balaban J connectivity index is 1.49. The molecule has 0 spiro atoms. The summed E-state index contributed by atoms with van der Waals surface area (Å²) >= 11 is 0. The number of ether oxygens (including phenoxy) is 3. The summed E-state index contributed by atoms with van der Waals surface area (Å²) in [6.07, 6.45) is 1.63. The van der Waals surface area contributed by atoms with Gasteiger partial charge in [0.05, 0.1) is 17.8 Å². The van der Waals surface area contributed by atoms with Gasteiger partial charge < -0.3 is 30.2 Å². The van der Waals surface area contributed by atoms with Crippen LogP contribution >= 0.6 is 0 Å². The summed E-state index contributed by atoms with van der Waals surface area (Å²) in [6, 6.07) is 0. The molecule has 9 heteroatoms. The predicted molar refractivity (Wildman–Crippen MR) is 162 cm³/mol. The zero-order chi connectivity index (χ0) is 31.7. The van der Waals surface area contributed by atoms with Crippen molar-refractivity contribution in [3.8, 4) is 0 Å². The maximum atomic E-state index is 13.5. The van der Waals surface area contributed by atoms with Crippen LogP contribution in [0.25, 0.3) is 0 Å². The lowest BCUT2D eigenvalue weighted by Gasteiger charge is -2.37. The molecule has 0 bridgehead atoms. The Bertz CT molecular complexity index is 939. The molecule has 4 aliphatic rings. The van der Waals surface area contributed by atoms with E-state index in [2.05, 4.69) is 57.5 Å². The van der Waals surface area contributed by atoms with Crippen molar-refractivity contribution in [1.29, 1.82) is 0 Å². The second-order valence-corrected chi connectivity index (χ2v) is 17.3. The molecule has 0 amide bonds. The van der Waals surface area contributed by atoms with E-state index in [1.54, 1.807) is 0 Å². The van der Waals surface area contributed by atoms with E-state index in [1.165, 1.54) is 0 Å². The molecule has 3 aliphatic heterocycles. The highest BCUT2D eigenvalue weighted by atomic mass is 16.6. The van der Waals surface area contributed by atoms with Crippen LogP contribution in [-0.2, 0) is 28.6 Å². The Morgan fingerprint density at radius 3 is 0.833 bits per heavy atom. The second-order valence-electron chi connectivity index (χ2n) is 17.3. The first-order valence-electron chi connectivity index (χ1n) is 15.9. The van der Waals surface area contributed by atoms with Crippen molar-refractivity contribution in [1.82, 2.24) is 16.0 Å². The molecule has 0 aromatic carbocycles. The van der Waals surface area contributed by atoms with Gasteiger partial charge in [-0.25, -0.2) is 0 Å². The molecule has 3 saturated heterocycles. The molecule has 0 aromatic rings. The van der Waals surface area contributed by atoms with Crippen LogP contribution in [0.5, 0.6) is 0 Å². The van der Waals surface area contributed by atoms with Crippen LogP contribution in [0.2, 0.25) is 0 Å². The summed E-state index contributed by atoms with van der Waals surface area (Å²) < 4.78 is 18.4. The van der Waals surface area contributed by atoms with Gasteiger partial charge in [0, 0.05) is 52.5 Å². The fourth-order valence-corrected chi connectivity index (χ4v) is 8.66. The van der Waals surface area contributed by atoms with Gasteiger partial charge in [-0.2, -0.15) is 0 Å². The molecule has 4 fully saturated rings. The average molecular weight is 592 g/mol. The number of nitrogens with one attached hydrogen (secondary N) is 3. The lowest BCUT2D eigenvalue weighted by atomic mass is 9.85. The Labute approximate surface area is 253 Å². The summed E-state index contributed by atoms with van der Waals surface area (Å²) in [5.74, 6) is -1.70. The van der Waals surface area contributed by atoms with E-state index in [4.69, 9.17) is 14.2 Å². The number of hydrogen-bond donors (Lipinski definition) is 3. The maximum Gasteiger partial charge on any atom is 0.311 e. The Morgan fingerprint density at radius 2 is 0.667 bits per heavy atom. The van der Waals surface area contributed by atoms with Crippen LogP contribution in [-0.4, -0.2) is 69.5 Å². The minimum absolute atomic E-state index is 0.179. The molecular formula is C33H57N3O6. The zero-order valence-electron chi connectivity index (χ0n) is 28.2. The first kappa shape index (κ1) is 33.2. The molecule has 3 N–H and O–H groups in total. The number of carbonyl (C=O) groups excluding carboxylic acids is 3. The highest BCUT2D eigenvalue weighted by Crippen LogP contribution is 2.41. The third-order valence-corrected chi connectivity index (χ3v) is 10.0. The normalized spacial score (nSPS) is 37.1. The lowest BCUT2D eigenvalue weighted by Crippen LogP contribution is -2.49. The third-order valence-electron chi connectivity index (χ3n) is 10.0. The van der Waals surface area contributed by atoms with E-state index < -0.39 is 34.9 Å². The fourth-order valence-electron chi connectivity index (χ4n) is 8.66. The summed E-state index contributed by atoms with van der Waals surface area (Å²) in [7, 11) is 0. The van der Waals surface area contributed by atoms with E-state index >= 15 is 0 Å². The van der Waals surface area contributed by atoms with Crippen molar-refractivity contribution < 1.29 is 28.6 Å². The van der Waals surface area contributed by atoms with Crippen LogP contribution in [0, 0.1) is 17.8 Å². The molecule has 3 unspecified atom stereocenters. The van der Waals surface area contributed by atoms with Gasteiger partial charge in [-0.05, 0) is 102 Å². The maximum absolute atomic E-state index is 13.5. The summed E-state index contributed by atoms with van der Waals surface area (Å²) in [6.45, 7) is 24.7. The van der Waals surface area contributed by atoms with E-state index in [0.717, 1.165) is 0 Å². The Hall–Kier alpha value is -1.71. The average Bonchev–Trinajstić information content (AvgIpc) is 3.25. The van der Waals surface area contributed by atoms with Crippen molar-refractivity contribution in [2.24, 2.45) is 17.8 Å². The van der Waals surface area contributed by atoms with Crippen molar-refractivity contribution in [2.75, 3.05) is 0 Å². The first-order valence-corrected chi connectivity index (χ1v) is 15.9. The highest BCUT2D eigenvalue weighted by Gasteiger charge is 2.52. The van der Waals surface area contributed by atoms with Crippen molar-refractivity contribution >= 4 is 17.9 Å². The monoisotopic (exact) mass is 591 g/mol. The predicted octanol–water partition coefficient (Wildman–Crippen LogP) is 4.41. The van der Waals surface area contributed by atoms with Gasteiger partial charge in [0.2, 0.25) is 0 Å². The molecule has 4 rings (SSSR count). The van der Waals surface area contributed by atoms with Gasteiger partial charge >= 0.3 is 17.9 Å². The van der Waals surface area contributed by atoms with Gasteiger partial charge in [0.15, 0.2) is 0 Å². The van der Waals surface area contributed by atoms with Crippen molar-refractivity contribution in [2.45, 2.75) is 173 Å². The molecule has 1 saturated carbocycles. The van der Waals surface area contributed by atoms with Crippen molar-refractivity contribution in [3.05, 3.63) is 0 Å². The number of hydrogen-bond acceptors (Lipinski definition) is 9. The van der Waals surface area contributed by atoms with E-state index in [-0.39, 0.29) is 52.3 Å². The summed E-state index contributed by atoms with van der Waals surface area (Å²) in [5.41, 5.74) is -1.76. The quantitative estimate of drug-likeness (QED) is 0.305. The molecular weight excluding hydrogens is 534 g/mol. The highest BCUT2D eigenvalue weighted by molar-refractivity contribution is 5.76. The van der Waals surface area contributed by atoms with E-state index in [1.807, 2.05) is 41.5 Å². The largest absolute Gasteiger partial charge is 0.462 e. The SMILES string of the molecule is CC1(C)CC(C(=O)OC2CC(OC(=O)C3CC(C)(C)NC3(C)C)CC(OC(=O)C3CC(C)(C)NC3(C)C)C2)C(C)(C)N1. The molecule has 0 aromatic heterocycles. The first-order chi connectivity index (χ1) is 18.9. The van der Waals surface area contributed by atoms with Crippen LogP contribution in [0.1, 0.15) is 122 Å². The number of carbonyl (C=O) groups is 3. The molecule has 1 aliphatic carbocycles. The van der Waals surface area contributed by atoms with Crippen LogP contribution < -0.4 is 16.0 Å². The van der Waals surface area contributed by atoms with Crippen LogP contribution in [0.3, 0.4) is 0 Å². The van der Waals surface area contributed by atoms with Gasteiger partial charge in [-0.1, -0.05) is 0 Å². The van der Waals surface area contributed by atoms with E-state index in [0.29, 0.717) is 38.5 Å². The van der Waals surface area contributed by atoms with Crippen LogP contribution in [0.4, 0.5) is 0 Å². The number of esters is 3. The Kier molecular flexibility index (Phi) is 8.47. The second kappa shape index (κ2) is 10.7. The molecule has 240 valence electrons. The van der Waals surface area contributed by atoms with Crippen molar-refractivity contribution in [3.63, 3.8) is 0 Å². The van der Waals surface area contributed by atoms with Gasteiger partial charge in [-0.15, -0.1) is 0 Å². The number of rotatable bonds is 6. The third kappa shape index (κ3) is 7.32. The standard InChI is InChI=1S/C33H57N3O6/c1-28(2)16-22(31(7,8)34-28)25(37)40-19-13-20(41-26(38)23-17-29(3,4)35-32(23,9)10)15-21(14-19)42-27(39)24-18-30(5,6)36-33(24,11)12/h19-24,34-36H,13-18H2,1-12H3. The molecule has 42 heavy (non-hydrogen) atoms. The topological polar surface area (TPSA) is 115 Å². The molecule has 3 atom stereocenters. The van der Waals surface area contributed by atoms with Gasteiger partial charge in [-0.3, -0.25) is 14.4 Å². The molecule has 9 nitrogen and oxygen atoms in total. The molecule has 0 radical (unpaired) electrons. The fraction of sp³-hybridized carbons (Fsp3) is 0.909. The minimum atomic E-state index is -0.515. The lowest BCUT2D eigenvalue weighted by molar-refractivity contribution is -0.176. The molecule has 3 heterocycles. The summed E-state index contributed by atoms with van der Waals surface area (Å²) in [4.78, 5) is 40.5. The van der Waals surface area contributed by atoms with E-state index in [9.17, 15) is 14.4 Å². The van der Waals surface area contributed by atoms with Crippen LogP contribution in [0.15, 0.2) is 0 Å². The Morgan fingerprint density at radius 1 is 0.452 bits per heavy atom. The zero-order valence-corrected chi connectivity index (χ0v) is 28.2. The van der Waals surface area contributed by atoms with Gasteiger partial charge in [0.25, 0.3) is 0 Å². The van der Waals surface area contributed by atoms with Gasteiger partial charge in [0.1, 0.15) is 18.3 Å². The smallest absolute Gasteiger partial charge is 0.311 e.